The van der Waals surface area contributed by atoms with Crippen LogP contribution in [0.25, 0.3) is 0 Å². The van der Waals surface area contributed by atoms with Crippen molar-refractivity contribution in [3.63, 3.8) is 0 Å². The van der Waals surface area contributed by atoms with Gasteiger partial charge in [0.05, 0.1) is 0 Å². The van der Waals surface area contributed by atoms with Gasteiger partial charge in [0.25, 0.3) is 5.56 Å². The van der Waals surface area contributed by atoms with Gasteiger partial charge in [0.1, 0.15) is 0 Å². The summed E-state index contributed by atoms with van der Waals surface area (Å²) in [4.78, 5) is 15.4. The van der Waals surface area contributed by atoms with Gasteiger partial charge in [-0.25, -0.2) is 4.98 Å². The highest BCUT2D eigenvalue weighted by Gasteiger charge is 2.16. The van der Waals surface area contributed by atoms with E-state index < -0.39 is 0 Å². The van der Waals surface area contributed by atoms with Crippen molar-refractivity contribution in [2.24, 2.45) is 0 Å². The van der Waals surface area contributed by atoms with Gasteiger partial charge in [0.15, 0.2) is 5.15 Å². The Hall–Kier alpha value is -0.830. The summed E-state index contributed by atoms with van der Waals surface area (Å²) in [7, 11) is 0. The quantitative estimate of drug-likeness (QED) is 0.717. The molecule has 0 N–H and O–H groups in total. The summed E-state index contributed by atoms with van der Waals surface area (Å²) in [5, 5.41) is 0.0815. The second-order valence-electron chi connectivity index (χ2n) is 3.72. The molecule has 0 radical (unpaired) electrons. The minimum atomic E-state index is -0.152. The van der Waals surface area contributed by atoms with E-state index in [1.165, 1.54) is 19.3 Å². The van der Waals surface area contributed by atoms with E-state index in [0.717, 1.165) is 12.8 Å². The highest BCUT2D eigenvalue weighted by Crippen LogP contribution is 2.26. The Labute approximate surface area is 87.7 Å². The van der Waals surface area contributed by atoms with Crippen LogP contribution in [0.4, 0.5) is 0 Å². The van der Waals surface area contributed by atoms with Gasteiger partial charge < -0.3 is 4.57 Å². The molecule has 0 saturated heterocycles. The Kier molecular flexibility index (Phi) is 2.87. The van der Waals surface area contributed by atoms with Crippen molar-refractivity contribution in [3.8, 4) is 0 Å². The maximum absolute atomic E-state index is 11.6. The number of hydrogen-bond donors (Lipinski definition) is 0. The van der Waals surface area contributed by atoms with Crippen molar-refractivity contribution < 1.29 is 0 Å². The highest BCUT2D eigenvalue weighted by atomic mass is 35.5. The molecule has 1 aromatic heterocycles. The molecule has 1 aliphatic carbocycles. The number of aromatic nitrogens is 2. The van der Waals surface area contributed by atoms with Crippen LogP contribution in [-0.4, -0.2) is 9.55 Å². The Morgan fingerprint density at radius 2 is 2.07 bits per heavy atom. The lowest BCUT2D eigenvalue weighted by molar-refractivity contribution is 0.345. The number of nitrogens with zero attached hydrogens (tertiary/aromatic N) is 2. The third-order valence-electron chi connectivity index (χ3n) is 2.79. The van der Waals surface area contributed by atoms with Gasteiger partial charge in [-0.3, -0.25) is 4.79 Å². The standard InChI is InChI=1S/C10H13ClN2O/c11-9-10(14)13(7-6-12-9)8-4-2-1-3-5-8/h6-8H,1-5H2. The molecule has 1 saturated carbocycles. The number of rotatable bonds is 1. The van der Waals surface area contributed by atoms with Crippen molar-refractivity contribution in [2.75, 3.05) is 0 Å². The van der Waals surface area contributed by atoms with Crippen molar-refractivity contribution >= 4 is 11.6 Å². The Morgan fingerprint density at radius 1 is 1.36 bits per heavy atom. The summed E-state index contributed by atoms with van der Waals surface area (Å²) in [5.41, 5.74) is -0.152. The van der Waals surface area contributed by atoms with Crippen molar-refractivity contribution in [1.29, 1.82) is 0 Å². The molecule has 14 heavy (non-hydrogen) atoms. The molecule has 0 aliphatic heterocycles. The molecule has 1 fully saturated rings. The van der Waals surface area contributed by atoms with Crippen LogP contribution in [0.5, 0.6) is 0 Å². The van der Waals surface area contributed by atoms with Gasteiger partial charge in [-0.15, -0.1) is 0 Å². The first-order valence-electron chi connectivity index (χ1n) is 5.01. The van der Waals surface area contributed by atoms with Crippen LogP contribution in [0.3, 0.4) is 0 Å². The molecule has 0 atom stereocenters. The van der Waals surface area contributed by atoms with Crippen LogP contribution in [0, 0.1) is 0 Å². The van der Waals surface area contributed by atoms with Gasteiger partial charge in [-0.2, -0.15) is 0 Å². The summed E-state index contributed by atoms with van der Waals surface area (Å²) in [6.07, 6.45) is 9.20. The van der Waals surface area contributed by atoms with Gasteiger partial charge in [-0.1, -0.05) is 30.9 Å². The molecule has 0 spiro atoms. The molecule has 1 heterocycles. The monoisotopic (exact) mass is 212 g/mol. The van der Waals surface area contributed by atoms with Crippen LogP contribution in [0.15, 0.2) is 17.2 Å². The third-order valence-corrected chi connectivity index (χ3v) is 3.05. The fourth-order valence-corrected chi connectivity index (χ4v) is 2.20. The first-order chi connectivity index (χ1) is 6.79. The lowest BCUT2D eigenvalue weighted by Gasteiger charge is -2.23. The molecule has 1 aromatic rings. The van der Waals surface area contributed by atoms with E-state index in [-0.39, 0.29) is 10.7 Å². The summed E-state index contributed by atoms with van der Waals surface area (Å²) in [5.74, 6) is 0. The fourth-order valence-electron chi connectivity index (χ4n) is 2.05. The second kappa shape index (κ2) is 4.13. The Bertz CT molecular complexity index is 369. The molecule has 3 nitrogen and oxygen atoms in total. The average molecular weight is 213 g/mol. The van der Waals surface area contributed by atoms with Crippen LogP contribution in [0.1, 0.15) is 38.1 Å². The lowest BCUT2D eigenvalue weighted by atomic mass is 9.95. The zero-order valence-corrected chi connectivity index (χ0v) is 8.70. The zero-order valence-electron chi connectivity index (χ0n) is 7.95. The summed E-state index contributed by atoms with van der Waals surface area (Å²) < 4.78 is 1.73. The predicted octanol–water partition coefficient (Wildman–Crippen LogP) is 2.40. The van der Waals surface area contributed by atoms with E-state index in [1.807, 2.05) is 0 Å². The van der Waals surface area contributed by atoms with E-state index in [2.05, 4.69) is 4.98 Å². The largest absolute Gasteiger partial charge is 0.308 e. The van der Waals surface area contributed by atoms with E-state index in [0.29, 0.717) is 6.04 Å². The summed E-state index contributed by atoms with van der Waals surface area (Å²) in [6.45, 7) is 0. The Morgan fingerprint density at radius 3 is 2.79 bits per heavy atom. The van der Waals surface area contributed by atoms with E-state index in [9.17, 15) is 4.79 Å². The minimum Gasteiger partial charge on any atom is -0.308 e. The van der Waals surface area contributed by atoms with Crippen molar-refractivity contribution in [3.05, 3.63) is 27.9 Å². The van der Waals surface area contributed by atoms with Crippen molar-refractivity contribution in [1.82, 2.24) is 9.55 Å². The highest BCUT2D eigenvalue weighted by molar-refractivity contribution is 6.29. The molecule has 0 unspecified atom stereocenters. The second-order valence-corrected chi connectivity index (χ2v) is 4.08. The van der Waals surface area contributed by atoms with E-state index in [4.69, 9.17) is 11.6 Å². The summed E-state index contributed by atoms with van der Waals surface area (Å²) >= 11 is 5.69. The first kappa shape index (κ1) is 9.71. The van der Waals surface area contributed by atoms with Crippen LogP contribution in [0.2, 0.25) is 5.15 Å². The molecule has 0 amide bonds. The molecule has 76 valence electrons. The molecule has 0 bridgehead atoms. The Balaban J connectivity index is 2.31. The third kappa shape index (κ3) is 1.82. The molecule has 0 aromatic carbocycles. The fraction of sp³-hybridized carbons (Fsp3) is 0.600. The van der Waals surface area contributed by atoms with E-state index in [1.54, 1.807) is 17.0 Å². The van der Waals surface area contributed by atoms with Crippen LogP contribution >= 0.6 is 11.6 Å². The van der Waals surface area contributed by atoms with Gasteiger partial charge in [0, 0.05) is 18.4 Å². The smallest absolute Gasteiger partial charge is 0.288 e. The molecule has 2 rings (SSSR count). The minimum absolute atomic E-state index is 0.0815. The van der Waals surface area contributed by atoms with Gasteiger partial charge in [0.2, 0.25) is 0 Å². The maximum Gasteiger partial charge on any atom is 0.288 e. The lowest BCUT2D eigenvalue weighted by Crippen LogP contribution is -2.26. The molecule has 1 aliphatic rings. The van der Waals surface area contributed by atoms with Crippen molar-refractivity contribution in [2.45, 2.75) is 38.1 Å². The molecular formula is C10H13ClN2O. The van der Waals surface area contributed by atoms with Crippen LogP contribution in [-0.2, 0) is 0 Å². The first-order valence-corrected chi connectivity index (χ1v) is 5.39. The number of halogens is 1. The predicted molar refractivity (Wildman–Crippen MR) is 55.6 cm³/mol. The topological polar surface area (TPSA) is 34.9 Å². The normalized spacial score (nSPS) is 18.4. The average Bonchev–Trinajstić information content (AvgIpc) is 2.23. The molecule has 4 heteroatoms. The maximum atomic E-state index is 11.6. The van der Waals surface area contributed by atoms with Crippen LogP contribution < -0.4 is 5.56 Å². The van der Waals surface area contributed by atoms with Gasteiger partial charge in [-0.05, 0) is 12.8 Å². The number of hydrogen-bond acceptors (Lipinski definition) is 2. The van der Waals surface area contributed by atoms with E-state index >= 15 is 0 Å². The molecular weight excluding hydrogens is 200 g/mol. The summed E-state index contributed by atoms with van der Waals surface area (Å²) in [6, 6.07) is 0.330. The zero-order chi connectivity index (χ0) is 9.97. The SMILES string of the molecule is O=c1c(Cl)nccn1C1CCCCC1. The van der Waals surface area contributed by atoms with Gasteiger partial charge >= 0.3 is 0 Å².